The van der Waals surface area contributed by atoms with Crippen molar-refractivity contribution in [2.45, 2.75) is 55.4 Å². The SMILES string of the molecule is CSC[C-]=O.[2H]C(=O)C1CCC(CN2C(=O)CC(SC)C2=O)CC1.[2H]C(=O)CN1C(=O)CC(SC)C1=O.[2H]C(=O)CSC.[2H]C(=O)c1ccc(CC(=O)CSC)cc1.[2H][C-]=O.[Y]. The number of hydrogen-bond donors (Lipinski definition) is 0. The molecule has 1 aliphatic carbocycles. The van der Waals surface area contributed by atoms with E-state index < -0.39 is 31.6 Å². The molecule has 0 bridgehead atoms. The summed E-state index contributed by atoms with van der Waals surface area (Å²) in [6.45, 7) is 0.836. The van der Waals surface area contributed by atoms with Crippen LogP contribution in [0.15, 0.2) is 24.3 Å². The first-order valence-electron chi connectivity index (χ1n) is 19.3. The van der Waals surface area contributed by atoms with Crippen molar-refractivity contribution in [2.24, 2.45) is 11.8 Å². The first-order chi connectivity index (χ1) is 28.8. The largest absolute Gasteiger partial charge is 0.545 e. The summed E-state index contributed by atoms with van der Waals surface area (Å²) in [5.41, 5.74) is 1.25. The molecule has 3 aliphatic rings. The van der Waals surface area contributed by atoms with E-state index in [0.29, 0.717) is 48.1 Å². The van der Waals surface area contributed by atoms with E-state index in [1.54, 1.807) is 43.1 Å². The van der Waals surface area contributed by atoms with Crippen molar-refractivity contribution in [1.29, 1.82) is 0 Å². The Bertz CT molecular complexity index is 1630. The van der Waals surface area contributed by atoms with Crippen LogP contribution in [0, 0.1) is 11.8 Å². The Morgan fingerprint density at radius 3 is 1.72 bits per heavy atom. The fourth-order valence-electron chi connectivity index (χ4n) is 5.07. The summed E-state index contributed by atoms with van der Waals surface area (Å²) in [6.07, 6.45) is 12.2. The Kier molecular flexibility index (Phi) is 33.2. The summed E-state index contributed by atoms with van der Waals surface area (Å²) < 4.78 is 32.4. The van der Waals surface area contributed by atoms with Crippen molar-refractivity contribution in [3.63, 3.8) is 0 Å². The number of ketones is 1. The van der Waals surface area contributed by atoms with E-state index in [0.717, 1.165) is 42.9 Å². The molecule has 2 heterocycles. The summed E-state index contributed by atoms with van der Waals surface area (Å²) in [6, 6.07) is 6.61. The fraction of sp³-hybridized carbons (Fsp3) is 0.553. The number of carbonyl (C=O) groups is 9. The standard InChI is InChI=1S/C13H19NO3S.C11H12O2S.C7H9NO3S.C3H6OS.C3H5OS.CHO.Y/c1-18-11-6-12(16)14(13(11)17)7-9-2-4-10(8-15)5-3-9;1-14-8-11(13)6-9-2-4-10(7-12)5-3-9;1-12-5-4-6(10)8(2-3-9)7(5)11;2*1-5-3-2-4;1-2;/h8-11H,2-7H2,1H3;2-5,7H,6,8H2,1H3;3,5H,2,4H2,1H3;2H,3H2,1H3;3H2,1H3;1H;/q;;;;2*-1;/i8D;7D;3D;2D;;1D;. The summed E-state index contributed by atoms with van der Waals surface area (Å²) in [4.78, 5) is 119. The molecular formula is C38H52N2O11S5Y-2. The maximum Gasteiger partial charge on any atom is 0.243 e. The number of carbonyl (C=O) groups excluding carboxylic acids is 11. The Morgan fingerprint density at radius 1 is 0.842 bits per heavy atom. The Hall–Kier alpha value is -1.96. The van der Waals surface area contributed by atoms with Crippen LogP contribution in [-0.4, -0.2) is 149 Å². The van der Waals surface area contributed by atoms with Gasteiger partial charge in [-0.05, 0) is 68.4 Å². The van der Waals surface area contributed by atoms with Crippen molar-refractivity contribution in [2.75, 3.05) is 61.6 Å². The zero-order chi connectivity index (χ0) is 47.1. The van der Waals surface area contributed by atoms with Crippen LogP contribution < -0.4 is 0 Å². The number of likely N-dealkylation sites (tertiary alicyclic amines) is 2. The van der Waals surface area contributed by atoms with E-state index >= 15 is 0 Å². The van der Waals surface area contributed by atoms with Crippen molar-refractivity contribution in [3.8, 4) is 0 Å². The molecule has 4 rings (SSSR count). The number of thioether (sulfide) groups is 5. The third-order valence-electron chi connectivity index (χ3n) is 7.84. The van der Waals surface area contributed by atoms with E-state index in [-0.39, 0.29) is 85.0 Å². The average Bonchev–Trinajstić information content (AvgIpc) is 3.64. The van der Waals surface area contributed by atoms with Crippen molar-refractivity contribution >= 4 is 126 Å². The third-order valence-corrected chi connectivity index (χ3v) is 11.1. The number of nitrogens with zero attached hydrogens (tertiary/aromatic N) is 2. The minimum atomic E-state index is -0.913. The number of rotatable bonds is 16. The van der Waals surface area contributed by atoms with Crippen LogP contribution in [0.4, 0.5) is 0 Å². The average molecular weight is 967 g/mol. The van der Waals surface area contributed by atoms with Crippen LogP contribution in [0.5, 0.6) is 0 Å². The Morgan fingerprint density at radius 2 is 1.37 bits per heavy atom. The molecule has 57 heavy (non-hydrogen) atoms. The normalized spacial score (nSPS) is 20.3. The maximum absolute atomic E-state index is 12.0. The molecule has 0 N–H and O–H groups in total. The second-order valence-electron chi connectivity index (χ2n) is 11.6. The Labute approximate surface area is 389 Å². The van der Waals surface area contributed by atoms with Gasteiger partial charge in [0.1, 0.15) is 36.3 Å². The number of Topliss-reactive ketones (excluding diaryl/α,β-unsaturated/α-hetero) is 1. The topological polar surface area (TPSA) is 194 Å². The molecule has 1 saturated carbocycles. The summed E-state index contributed by atoms with van der Waals surface area (Å²) in [5.74, 6) is 0.832. The molecule has 2 saturated heterocycles. The van der Waals surface area contributed by atoms with Gasteiger partial charge in [-0.25, -0.2) is 0 Å². The zero-order valence-corrected chi connectivity index (χ0v) is 39.5. The summed E-state index contributed by atoms with van der Waals surface area (Å²) in [5, 5.41) is -0.578. The molecule has 2 unspecified atom stereocenters. The van der Waals surface area contributed by atoms with Gasteiger partial charge in [0, 0.05) is 75.8 Å². The van der Waals surface area contributed by atoms with Gasteiger partial charge in [0.25, 0.3) is 0 Å². The molecule has 1 radical (unpaired) electrons. The van der Waals surface area contributed by atoms with Crippen molar-refractivity contribution in [1.82, 2.24) is 9.80 Å². The molecule has 13 nitrogen and oxygen atoms in total. The minimum Gasteiger partial charge on any atom is -0.545 e. The molecule has 315 valence electrons. The molecule has 19 heteroatoms. The number of imide groups is 2. The van der Waals surface area contributed by atoms with E-state index in [1.165, 1.54) is 63.7 Å². The van der Waals surface area contributed by atoms with Gasteiger partial charge in [0.15, 0.2) is 0 Å². The molecule has 0 spiro atoms. The zero-order valence-electron chi connectivity index (χ0n) is 37.6. The monoisotopic (exact) mass is 966 g/mol. The second-order valence-corrected chi connectivity index (χ2v) is 16.3. The molecule has 2 atom stereocenters. The Balaban J connectivity index is -0.000000733. The maximum atomic E-state index is 12.0. The summed E-state index contributed by atoms with van der Waals surface area (Å²) >= 11 is 7.08. The minimum absolute atomic E-state index is 0. The van der Waals surface area contributed by atoms with E-state index in [2.05, 4.69) is 0 Å². The molecule has 4 amide bonds. The van der Waals surface area contributed by atoms with Crippen LogP contribution in [0.1, 0.15) is 61.3 Å². The van der Waals surface area contributed by atoms with Crippen molar-refractivity contribution < 1.29 is 92.3 Å². The number of hydrogen-bond acceptors (Lipinski definition) is 16. The fourth-order valence-corrected chi connectivity index (χ4v) is 7.00. The van der Waals surface area contributed by atoms with Crippen LogP contribution in [0.25, 0.3) is 0 Å². The van der Waals surface area contributed by atoms with Gasteiger partial charge in [-0.1, -0.05) is 24.3 Å². The molecule has 0 aromatic heterocycles. The number of aldehydes is 4. The van der Waals surface area contributed by atoms with Gasteiger partial charge in [0.2, 0.25) is 23.6 Å². The summed E-state index contributed by atoms with van der Waals surface area (Å²) in [7, 11) is 0. The van der Waals surface area contributed by atoms with Crippen LogP contribution in [0.3, 0.4) is 0 Å². The number of amides is 4. The molecule has 2 aliphatic heterocycles. The third kappa shape index (κ3) is 25.3. The second kappa shape index (κ2) is 38.3. The number of benzene rings is 1. The predicted octanol–water partition coefficient (Wildman–Crippen LogP) is 3.86. The molecule has 1 aromatic rings. The van der Waals surface area contributed by atoms with Gasteiger partial charge < -0.3 is 24.0 Å². The molecule has 3 fully saturated rings. The van der Waals surface area contributed by atoms with E-state index in [9.17, 15) is 47.9 Å². The van der Waals surface area contributed by atoms with Gasteiger partial charge >= 0.3 is 0 Å². The predicted molar refractivity (Wildman–Crippen MR) is 229 cm³/mol. The van der Waals surface area contributed by atoms with Gasteiger partial charge in [-0.2, -0.15) is 60.2 Å². The van der Waals surface area contributed by atoms with E-state index in [1.807, 2.05) is 18.8 Å². The molecular weight excluding hydrogens is 910 g/mol. The smallest absolute Gasteiger partial charge is 0.243 e. The van der Waals surface area contributed by atoms with Crippen LogP contribution in [-0.2, 0) is 87.1 Å². The first kappa shape index (κ1) is 49.4. The van der Waals surface area contributed by atoms with Gasteiger partial charge in [0.05, 0.1) is 22.8 Å². The first-order valence-corrected chi connectivity index (χ1v) is 23.5. The van der Waals surface area contributed by atoms with Gasteiger partial charge in [-0.3, -0.25) is 51.6 Å². The molecule has 1 aromatic carbocycles. The van der Waals surface area contributed by atoms with Crippen LogP contribution in [0.2, 0.25) is 0 Å². The van der Waals surface area contributed by atoms with Gasteiger partial charge in [-0.15, -0.1) is 5.75 Å². The van der Waals surface area contributed by atoms with Crippen LogP contribution >= 0.6 is 58.8 Å². The van der Waals surface area contributed by atoms with Crippen molar-refractivity contribution in [3.05, 3.63) is 35.4 Å². The quantitative estimate of drug-likeness (QED) is 0.132. The van der Waals surface area contributed by atoms with E-state index in [4.69, 9.17) is 11.6 Å².